The van der Waals surface area contributed by atoms with E-state index in [0.717, 1.165) is 23.0 Å². The predicted molar refractivity (Wildman–Crippen MR) is 124 cm³/mol. The van der Waals surface area contributed by atoms with E-state index in [2.05, 4.69) is 19.2 Å². The molecule has 32 heavy (non-hydrogen) atoms. The van der Waals surface area contributed by atoms with Crippen molar-refractivity contribution in [2.24, 2.45) is 5.92 Å². The standard InChI is InChI=1S/C25H29N3O4/c1-15(2)12-13-32-20-11-10-17(14-21(20)30-4)23-22(24(29)31-5)16(3)26-25-27-18-8-6-7-9-19(18)28(23)25/h6-11,14-15,23H,12-13H2,1-5H3,(H,26,27)/t23-/m0/s1. The monoisotopic (exact) mass is 435 g/mol. The quantitative estimate of drug-likeness (QED) is 0.531. The van der Waals surface area contributed by atoms with Gasteiger partial charge in [0.15, 0.2) is 11.5 Å². The largest absolute Gasteiger partial charge is 0.493 e. The van der Waals surface area contributed by atoms with Gasteiger partial charge in [0.25, 0.3) is 0 Å². The number of esters is 1. The fourth-order valence-corrected chi connectivity index (χ4v) is 4.03. The van der Waals surface area contributed by atoms with Crippen molar-refractivity contribution in [2.45, 2.75) is 33.2 Å². The maximum absolute atomic E-state index is 12.8. The Balaban J connectivity index is 1.83. The highest BCUT2D eigenvalue weighted by atomic mass is 16.5. The van der Waals surface area contributed by atoms with E-state index >= 15 is 0 Å². The second-order valence-corrected chi connectivity index (χ2v) is 8.29. The fourth-order valence-electron chi connectivity index (χ4n) is 4.03. The van der Waals surface area contributed by atoms with Crippen molar-refractivity contribution < 1.29 is 19.0 Å². The average Bonchev–Trinajstić information content (AvgIpc) is 3.15. The van der Waals surface area contributed by atoms with Gasteiger partial charge in [-0.3, -0.25) is 4.57 Å². The van der Waals surface area contributed by atoms with Gasteiger partial charge in [-0.1, -0.05) is 32.0 Å². The van der Waals surface area contributed by atoms with Gasteiger partial charge < -0.3 is 19.5 Å². The van der Waals surface area contributed by atoms with E-state index in [4.69, 9.17) is 19.2 Å². The summed E-state index contributed by atoms with van der Waals surface area (Å²) < 4.78 is 18.8. The summed E-state index contributed by atoms with van der Waals surface area (Å²) in [5, 5.41) is 3.27. The summed E-state index contributed by atoms with van der Waals surface area (Å²) >= 11 is 0. The van der Waals surface area contributed by atoms with Crippen LogP contribution in [0.3, 0.4) is 0 Å². The SMILES string of the molecule is COC(=O)C1=C(C)Nc2nc3ccccc3n2[C@H]1c1ccc(OCCC(C)C)c(OC)c1. The molecule has 1 aliphatic heterocycles. The number of nitrogens with zero attached hydrogens (tertiary/aromatic N) is 2. The minimum absolute atomic E-state index is 0.389. The van der Waals surface area contributed by atoms with Crippen LogP contribution in [0.4, 0.5) is 5.95 Å². The summed E-state index contributed by atoms with van der Waals surface area (Å²) in [6.45, 7) is 6.81. The first-order chi connectivity index (χ1) is 15.4. The number of benzene rings is 2. The number of rotatable bonds is 7. The Morgan fingerprint density at radius 1 is 1.16 bits per heavy atom. The molecule has 7 nitrogen and oxygen atoms in total. The number of para-hydroxylation sites is 2. The molecule has 4 rings (SSSR count). The van der Waals surface area contributed by atoms with Crippen molar-refractivity contribution in [1.82, 2.24) is 9.55 Å². The number of carbonyl (C=O) groups is 1. The third kappa shape index (κ3) is 3.90. The molecule has 1 aliphatic rings. The van der Waals surface area contributed by atoms with E-state index in [1.165, 1.54) is 7.11 Å². The summed E-state index contributed by atoms with van der Waals surface area (Å²) in [7, 11) is 3.02. The summed E-state index contributed by atoms with van der Waals surface area (Å²) in [4.78, 5) is 17.6. The van der Waals surface area contributed by atoms with Gasteiger partial charge in [-0.2, -0.15) is 0 Å². The molecule has 0 bridgehead atoms. The van der Waals surface area contributed by atoms with Crippen LogP contribution in [0.15, 0.2) is 53.7 Å². The molecule has 3 aromatic rings. The van der Waals surface area contributed by atoms with Crippen LogP contribution in [-0.4, -0.2) is 36.3 Å². The molecule has 1 atom stereocenters. The molecular formula is C25H29N3O4. The fraction of sp³-hybridized carbons (Fsp3) is 0.360. The van der Waals surface area contributed by atoms with Crippen molar-refractivity contribution in [3.05, 3.63) is 59.3 Å². The van der Waals surface area contributed by atoms with Crippen LogP contribution in [0, 0.1) is 5.92 Å². The Kier molecular flexibility index (Phi) is 6.08. The Hall–Kier alpha value is -3.48. The Morgan fingerprint density at radius 3 is 2.66 bits per heavy atom. The highest BCUT2D eigenvalue weighted by Crippen LogP contribution is 2.41. The van der Waals surface area contributed by atoms with E-state index in [0.29, 0.717) is 41.2 Å². The second kappa shape index (κ2) is 8.94. The number of carbonyl (C=O) groups excluding carboxylic acids is 1. The lowest BCUT2D eigenvalue weighted by atomic mass is 9.94. The van der Waals surface area contributed by atoms with E-state index in [1.54, 1.807) is 7.11 Å². The van der Waals surface area contributed by atoms with Crippen LogP contribution in [0.1, 0.15) is 38.8 Å². The lowest BCUT2D eigenvalue weighted by Gasteiger charge is -2.30. The van der Waals surface area contributed by atoms with Crippen LogP contribution >= 0.6 is 0 Å². The molecule has 2 heterocycles. The lowest BCUT2D eigenvalue weighted by molar-refractivity contribution is -0.136. The number of hydrogen-bond acceptors (Lipinski definition) is 6. The highest BCUT2D eigenvalue weighted by molar-refractivity contribution is 5.94. The van der Waals surface area contributed by atoms with Crippen molar-refractivity contribution in [2.75, 3.05) is 26.1 Å². The first kappa shape index (κ1) is 21.7. The summed E-state index contributed by atoms with van der Waals surface area (Å²) in [5.41, 5.74) is 3.88. The van der Waals surface area contributed by atoms with Crippen molar-refractivity contribution >= 4 is 23.0 Å². The normalized spacial score (nSPS) is 15.5. The van der Waals surface area contributed by atoms with Crippen LogP contribution in [0.25, 0.3) is 11.0 Å². The zero-order valence-electron chi connectivity index (χ0n) is 19.1. The number of fused-ring (bicyclic) bond motifs is 3. The van der Waals surface area contributed by atoms with Crippen LogP contribution in [0.5, 0.6) is 11.5 Å². The third-order valence-electron chi connectivity index (χ3n) is 5.69. The first-order valence-corrected chi connectivity index (χ1v) is 10.8. The Morgan fingerprint density at radius 2 is 1.94 bits per heavy atom. The number of anilines is 1. The number of imidazole rings is 1. The Labute approximate surface area is 188 Å². The maximum Gasteiger partial charge on any atom is 0.337 e. The van der Waals surface area contributed by atoms with Gasteiger partial charge in [-0.25, -0.2) is 9.78 Å². The number of aromatic nitrogens is 2. The molecule has 0 saturated carbocycles. The van der Waals surface area contributed by atoms with Crippen molar-refractivity contribution in [3.63, 3.8) is 0 Å². The number of allylic oxidation sites excluding steroid dienone is 1. The average molecular weight is 436 g/mol. The lowest BCUT2D eigenvalue weighted by Crippen LogP contribution is -2.28. The molecule has 0 aliphatic carbocycles. The Bertz CT molecular complexity index is 1180. The predicted octanol–water partition coefficient (Wildman–Crippen LogP) is 4.93. The second-order valence-electron chi connectivity index (χ2n) is 8.29. The number of nitrogens with one attached hydrogen (secondary N) is 1. The maximum atomic E-state index is 12.8. The van der Waals surface area contributed by atoms with Crippen molar-refractivity contribution in [3.8, 4) is 11.5 Å². The van der Waals surface area contributed by atoms with Gasteiger partial charge in [0.2, 0.25) is 5.95 Å². The highest BCUT2D eigenvalue weighted by Gasteiger charge is 2.35. The van der Waals surface area contributed by atoms with Gasteiger partial charge >= 0.3 is 5.97 Å². The summed E-state index contributed by atoms with van der Waals surface area (Å²) in [6, 6.07) is 13.2. The molecule has 0 unspecified atom stereocenters. The minimum Gasteiger partial charge on any atom is -0.493 e. The van der Waals surface area contributed by atoms with Gasteiger partial charge in [0.1, 0.15) is 0 Å². The molecule has 0 spiro atoms. The summed E-state index contributed by atoms with van der Waals surface area (Å²) in [6.07, 6.45) is 0.956. The number of methoxy groups -OCH3 is 2. The molecule has 1 aromatic heterocycles. The van der Waals surface area contributed by atoms with Gasteiger partial charge in [-0.05, 0) is 49.1 Å². The first-order valence-electron chi connectivity index (χ1n) is 10.8. The van der Waals surface area contributed by atoms with E-state index < -0.39 is 6.04 Å². The van der Waals surface area contributed by atoms with Crippen LogP contribution in [0.2, 0.25) is 0 Å². The summed E-state index contributed by atoms with van der Waals surface area (Å²) in [5.74, 6) is 2.15. The zero-order valence-corrected chi connectivity index (χ0v) is 19.1. The smallest absolute Gasteiger partial charge is 0.337 e. The topological polar surface area (TPSA) is 74.6 Å². The minimum atomic E-state index is -0.426. The molecule has 168 valence electrons. The number of hydrogen-bond donors (Lipinski definition) is 1. The molecule has 1 N–H and O–H groups in total. The molecule has 2 aromatic carbocycles. The zero-order chi connectivity index (χ0) is 22.8. The molecule has 7 heteroatoms. The molecule has 0 radical (unpaired) electrons. The van der Waals surface area contributed by atoms with Crippen LogP contribution < -0.4 is 14.8 Å². The molecule has 0 fully saturated rings. The van der Waals surface area contributed by atoms with Crippen molar-refractivity contribution in [1.29, 1.82) is 0 Å². The molecule has 0 amide bonds. The van der Waals surface area contributed by atoms with E-state index in [9.17, 15) is 4.79 Å². The van der Waals surface area contributed by atoms with Gasteiger partial charge in [0, 0.05) is 5.70 Å². The molecular weight excluding hydrogens is 406 g/mol. The van der Waals surface area contributed by atoms with E-state index in [-0.39, 0.29) is 5.97 Å². The third-order valence-corrected chi connectivity index (χ3v) is 5.69. The van der Waals surface area contributed by atoms with Gasteiger partial charge in [0.05, 0.1) is 43.5 Å². The van der Waals surface area contributed by atoms with Crippen LogP contribution in [-0.2, 0) is 9.53 Å². The number of ether oxygens (including phenoxy) is 3. The van der Waals surface area contributed by atoms with Gasteiger partial charge in [-0.15, -0.1) is 0 Å². The molecule has 0 saturated heterocycles. The van der Waals surface area contributed by atoms with E-state index in [1.807, 2.05) is 54.0 Å².